The van der Waals surface area contributed by atoms with E-state index in [1.165, 1.54) is 44.2 Å². The first kappa shape index (κ1) is 14.1. The van der Waals surface area contributed by atoms with E-state index in [0.717, 1.165) is 5.69 Å². The number of aromatic nitrogens is 2. The van der Waals surface area contributed by atoms with Gasteiger partial charge in [0.2, 0.25) is 10.0 Å². The van der Waals surface area contributed by atoms with Gasteiger partial charge in [0.1, 0.15) is 0 Å². The highest BCUT2D eigenvalue weighted by Gasteiger charge is 2.31. The molecular weight excluding hydrogens is 274 g/mol. The van der Waals surface area contributed by atoms with Gasteiger partial charge in [0.05, 0.1) is 24.0 Å². The number of rotatable bonds is 6. The molecule has 0 amide bonds. The summed E-state index contributed by atoms with van der Waals surface area (Å²) in [6.07, 6.45) is 7.49. The standard InChI is InChI=1S/C14H23N3O2S/c1-2-20(18,19)15-10-12-9-14(11-7-8-11)17(16-12)13-5-3-4-6-13/h9,11,13,15H,2-8,10H2,1H3. The molecule has 1 N–H and O–H groups in total. The van der Waals surface area contributed by atoms with Gasteiger partial charge < -0.3 is 0 Å². The summed E-state index contributed by atoms with van der Waals surface area (Å²) in [6, 6.07) is 2.64. The number of hydrogen-bond donors (Lipinski definition) is 1. The van der Waals surface area contributed by atoms with Gasteiger partial charge in [-0.25, -0.2) is 13.1 Å². The highest BCUT2D eigenvalue weighted by atomic mass is 32.2. The fourth-order valence-corrected chi connectivity index (χ4v) is 3.53. The van der Waals surface area contributed by atoms with Gasteiger partial charge in [-0.1, -0.05) is 12.8 Å². The Hall–Kier alpha value is -0.880. The van der Waals surface area contributed by atoms with Gasteiger partial charge in [-0.05, 0) is 38.7 Å². The van der Waals surface area contributed by atoms with Gasteiger partial charge in [-0.15, -0.1) is 0 Å². The molecule has 112 valence electrons. The minimum atomic E-state index is -3.14. The van der Waals surface area contributed by atoms with Crippen LogP contribution in [0, 0.1) is 0 Å². The van der Waals surface area contributed by atoms with E-state index < -0.39 is 10.0 Å². The average molecular weight is 297 g/mol. The van der Waals surface area contributed by atoms with Crippen LogP contribution in [0.5, 0.6) is 0 Å². The van der Waals surface area contributed by atoms with Crippen molar-refractivity contribution in [3.63, 3.8) is 0 Å². The first-order valence-electron chi connectivity index (χ1n) is 7.64. The van der Waals surface area contributed by atoms with Crippen molar-refractivity contribution in [2.45, 2.75) is 64.0 Å². The van der Waals surface area contributed by atoms with E-state index in [-0.39, 0.29) is 5.75 Å². The van der Waals surface area contributed by atoms with E-state index in [9.17, 15) is 8.42 Å². The molecule has 5 nitrogen and oxygen atoms in total. The Balaban J connectivity index is 1.76. The second-order valence-electron chi connectivity index (χ2n) is 5.94. The minimum absolute atomic E-state index is 0.117. The molecule has 3 rings (SSSR count). The first-order valence-corrected chi connectivity index (χ1v) is 9.30. The maximum atomic E-state index is 11.5. The molecule has 20 heavy (non-hydrogen) atoms. The zero-order valence-electron chi connectivity index (χ0n) is 12.0. The van der Waals surface area contributed by atoms with Crippen LogP contribution >= 0.6 is 0 Å². The third kappa shape index (κ3) is 3.06. The fraction of sp³-hybridized carbons (Fsp3) is 0.786. The number of nitrogens with one attached hydrogen (secondary N) is 1. The third-order valence-electron chi connectivity index (χ3n) is 4.33. The molecular formula is C14H23N3O2S. The van der Waals surface area contributed by atoms with Crippen molar-refractivity contribution in [3.05, 3.63) is 17.5 Å². The molecule has 0 radical (unpaired) electrons. The lowest BCUT2D eigenvalue weighted by molar-refractivity contribution is 0.446. The van der Waals surface area contributed by atoms with Crippen LogP contribution < -0.4 is 4.72 Å². The summed E-state index contributed by atoms with van der Waals surface area (Å²) < 4.78 is 27.8. The van der Waals surface area contributed by atoms with E-state index >= 15 is 0 Å². The van der Waals surface area contributed by atoms with Crippen molar-refractivity contribution in [3.8, 4) is 0 Å². The quantitative estimate of drug-likeness (QED) is 0.876. The molecule has 1 aromatic rings. The van der Waals surface area contributed by atoms with Crippen molar-refractivity contribution < 1.29 is 8.42 Å². The second kappa shape index (κ2) is 5.48. The van der Waals surface area contributed by atoms with Crippen LogP contribution in [0.1, 0.15) is 68.8 Å². The van der Waals surface area contributed by atoms with Gasteiger partial charge in [-0.2, -0.15) is 5.10 Å². The first-order chi connectivity index (χ1) is 9.59. The van der Waals surface area contributed by atoms with Crippen molar-refractivity contribution in [1.82, 2.24) is 14.5 Å². The molecule has 2 saturated carbocycles. The Morgan fingerprint density at radius 2 is 2.00 bits per heavy atom. The summed E-state index contributed by atoms with van der Waals surface area (Å²) in [5.74, 6) is 0.769. The molecule has 0 aromatic carbocycles. The maximum absolute atomic E-state index is 11.5. The van der Waals surface area contributed by atoms with Crippen molar-refractivity contribution in [2.75, 3.05) is 5.75 Å². The Bertz CT molecular complexity index is 569. The normalized spacial score (nSPS) is 20.6. The molecule has 2 fully saturated rings. The number of sulfonamides is 1. The molecule has 0 unspecified atom stereocenters. The monoisotopic (exact) mass is 297 g/mol. The van der Waals surface area contributed by atoms with Crippen LogP contribution in [-0.2, 0) is 16.6 Å². The van der Waals surface area contributed by atoms with Crippen LogP contribution in [-0.4, -0.2) is 24.0 Å². The van der Waals surface area contributed by atoms with Gasteiger partial charge in [0, 0.05) is 11.6 Å². The molecule has 1 aromatic heterocycles. The van der Waals surface area contributed by atoms with Gasteiger partial charge in [-0.3, -0.25) is 4.68 Å². The number of hydrogen-bond acceptors (Lipinski definition) is 3. The topological polar surface area (TPSA) is 64.0 Å². The zero-order chi connectivity index (χ0) is 14.2. The van der Waals surface area contributed by atoms with E-state index in [4.69, 9.17) is 0 Å². The molecule has 0 bridgehead atoms. The molecule has 2 aliphatic rings. The molecule has 0 atom stereocenters. The van der Waals surface area contributed by atoms with E-state index in [1.807, 2.05) is 0 Å². The Morgan fingerprint density at radius 3 is 2.60 bits per heavy atom. The Kier molecular flexibility index (Phi) is 3.86. The van der Waals surface area contributed by atoms with Crippen LogP contribution in [0.3, 0.4) is 0 Å². The molecule has 1 heterocycles. The van der Waals surface area contributed by atoms with Gasteiger partial charge in [0.25, 0.3) is 0 Å². The third-order valence-corrected chi connectivity index (χ3v) is 5.68. The molecule has 2 aliphatic carbocycles. The van der Waals surface area contributed by atoms with Crippen molar-refractivity contribution in [1.29, 1.82) is 0 Å². The smallest absolute Gasteiger partial charge is 0.211 e. The Labute approximate surface area is 120 Å². The van der Waals surface area contributed by atoms with E-state index in [2.05, 4.69) is 20.6 Å². The predicted octanol–water partition coefficient (Wildman–Crippen LogP) is 2.31. The fourth-order valence-electron chi connectivity index (χ4n) is 2.96. The number of nitrogens with zero attached hydrogens (tertiary/aromatic N) is 2. The summed E-state index contributed by atoms with van der Waals surface area (Å²) in [6.45, 7) is 1.96. The van der Waals surface area contributed by atoms with Crippen LogP contribution in [0.4, 0.5) is 0 Å². The SMILES string of the molecule is CCS(=O)(=O)NCc1cc(C2CC2)n(C2CCCC2)n1. The molecule has 6 heteroatoms. The van der Waals surface area contributed by atoms with Crippen molar-refractivity contribution in [2.24, 2.45) is 0 Å². The predicted molar refractivity (Wildman–Crippen MR) is 78.0 cm³/mol. The second-order valence-corrected chi connectivity index (χ2v) is 8.04. The summed E-state index contributed by atoms with van der Waals surface area (Å²) in [7, 11) is -3.14. The highest BCUT2D eigenvalue weighted by Crippen LogP contribution is 2.43. The van der Waals surface area contributed by atoms with Crippen LogP contribution in [0.25, 0.3) is 0 Å². The van der Waals surface area contributed by atoms with Gasteiger partial charge in [0.15, 0.2) is 0 Å². The highest BCUT2D eigenvalue weighted by molar-refractivity contribution is 7.89. The summed E-state index contributed by atoms with van der Waals surface area (Å²) >= 11 is 0. The van der Waals surface area contributed by atoms with E-state index in [0.29, 0.717) is 18.5 Å². The molecule has 0 aliphatic heterocycles. The minimum Gasteiger partial charge on any atom is -0.266 e. The van der Waals surface area contributed by atoms with E-state index in [1.54, 1.807) is 6.92 Å². The summed E-state index contributed by atoms with van der Waals surface area (Å²) in [5, 5.41) is 4.68. The average Bonchev–Trinajstić information content (AvgIpc) is 2.98. The lowest BCUT2D eigenvalue weighted by atomic mass is 10.2. The summed E-state index contributed by atoms with van der Waals surface area (Å²) in [5.41, 5.74) is 2.18. The van der Waals surface area contributed by atoms with Crippen molar-refractivity contribution >= 4 is 10.0 Å². The lowest BCUT2D eigenvalue weighted by Gasteiger charge is -2.13. The summed E-state index contributed by atoms with van der Waals surface area (Å²) in [4.78, 5) is 0. The maximum Gasteiger partial charge on any atom is 0.211 e. The lowest BCUT2D eigenvalue weighted by Crippen LogP contribution is -2.25. The Morgan fingerprint density at radius 1 is 1.30 bits per heavy atom. The molecule has 0 spiro atoms. The van der Waals surface area contributed by atoms with Gasteiger partial charge >= 0.3 is 0 Å². The van der Waals surface area contributed by atoms with Crippen LogP contribution in [0.15, 0.2) is 6.07 Å². The zero-order valence-corrected chi connectivity index (χ0v) is 12.8. The molecule has 0 saturated heterocycles. The largest absolute Gasteiger partial charge is 0.266 e. The van der Waals surface area contributed by atoms with Crippen LogP contribution in [0.2, 0.25) is 0 Å².